The summed E-state index contributed by atoms with van der Waals surface area (Å²) in [6.07, 6.45) is -1.16. The molecule has 168 valence electrons. The summed E-state index contributed by atoms with van der Waals surface area (Å²) in [5.41, 5.74) is 6.74. The fourth-order valence-electron chi connectivity index (χ4n) is 3.32. The van der Waals surface area contributed by atoms with Crippen LogP contribution in [0.1, 0.15) is 36.5 Å². The third-order valence-electron chi connectivity index (χ3n) is 5.10. The summed E-state index contributed by atoms with van der Waals surface area (Å²) in [5, 5.41) is 8.71. The van der Waals surface area contributed by atoms with E-state index >= 15 is 0 Å². The van der Waals surface area contributed by atoms with Gasteiger partial charge in [-0.25, -0.2) is 9.67 Å². The lowest BCUT2D eigenvalue weighted by Crippen LogP contribution is -2.05. The quantitative estimate of drug-likeness (QED) is 0.269. The fourth-order valence-corrected chi connectivity index (χ4v) is 3.32. The Kier molecular flexibility index (Phi) is 6.26. The van der Waals surface area contributed by atoms with Crippen LogP contribution in [0.4, 0.5) is 18.9 Å². The lowest BCUT2D eigenvalue weighted by atomic mass is 10.0. The molecule has 0 unspecified atom stereocenters. The maximum Gasteiger partial charge on any atom is 0.416 e. The zero-order valence-electron chi connectivity index (χ0n) is 18.1. The Bertz CT molecular complexity index is 1240. The molecule has 0 aliphatic heterocycles. The van der Waals surface area contributed by atoms with Crippen molar-refractivity contribution in [3.05, 3.63) is 95.8 Å². The van der Waals surface area contributed by atoms with Gasteiger partial charge in [0, 0.05) is 5.56 Å². The van der Waals surface area contributed by atoms with Gasteiger partial charge in [0.15, 0.2) is 5.82 Å². The summed E-state index contributed by atoms with van der Waals surface area (Å²) in [6, 6.07) is 20.4. The first-order valence-corrected chi connectivity index (χ1v) is 10.4. The van der Waals surface area contributed by atoms with Crippen molar-refractivity contribution in [3.8, 4) is 17.1 Å². The van der Waals surface area contributed by atoms with Crippen LogP contribution in [0.5, 0.6) is 0 Å². The molecule has 33 heavy (non-hydrogen) atoms. The molecular formula is C25H22F3N5. The minimum absolute atomic E-state index is 0.387. The van der Waals surface area contributed by atoms with Crippen LogP contribution in [0.3, 0.4) is 0 Å². The van der Waals surface area contributed by atoms with Gasteiger partial charge in [-0.05, 0) is 47.4 Å². The summed E-state index contributed by atoms with van der Waals surface area (Å²) in [7, 11) is 0. The van der Waals surface area contributed by atoms with Crippen molar-refractivity contribution in [1.29, 1.82) is 0 Å². The molecule has 5 nitrogen and oxygen atoms in total. The highest BCUT2D eigenvalue weighted by molar-refractivity contribution is 5.81. The maximum absolute atomic E-state index is 12.7. The number of nitrogens with one attached hydrogen (secondary N) is 1. The minimum Gasteiger partial charge on any atom is -0.278 e. The molecule has 8 heteroatoms. The van der Waals surface area contributed by atoms with Crippen molar-refractivity contribution < 1.29 is 13.2 Å². The van der Waals surface area contributed by atoms with E-state index < -0.39 is 11.7 Å². The van der Waals surface area contributed by atoms with E-state index in [-0.39, 0.29) is 0 Å². The molecule has 0 aliphatic carbocycles. The molecule has 0 amide bonds. The van der Waals surface area contributed by atoms with Gasteiger partial charge < -0.3 is 0 Å². The Morgan fingerprint density at radius 2 is 1.64 bits per heavy atom. The van der Waals surface area contributed by atoms with Gasteiger partial charge in [0.2, 0.25) is 0 Å². The first-order chi connectivity index (χ1) is 15.8. The Balaban J connectivity index is 1.44. The van der Waals surface area contributed by atoms with Crippen LogP contribution in [-0.2, 0) is 6.18 Å². The van der Waals surface area contributed by atoms with Crippen LogP contribution in [0.25, 0.3) is 17.1 Å². The van der Waals surface area contributed by atoms with Crippen LogP contribution < -0.4 is 5.43 Å². The molecule has 1 heterocycles. The average Bonchev–Trinajstić information content (AvgIpc) is 3.30. The topological polar surface area (TPSA) is 55.1 Å². The zero-order valence-corrected chi connectivity index (χ0v) is 18.1. The molecule has 1 N–H and O–H groups in total. The molecule has 0 aliphatic rings. The Morgan fingerprint density at radius 3 is 2.30 bits per heavy atom. The first kappa shape index (κ1) is 22.3. The highest BCUT2D eigenvalue weighted by Gasteiger charge is 2.30. The summed E-state index contributed by atoms with van der Waals surface area (Å²) in [6.45, 7) is 4.27. The largest absolute Gasteiger partial charge is 0.416 e. The molecule has 1 aromatic heterocycles. The van der Waals surface area contributed by atoms with Gasteiger partial charge in [0.05, 0.1) is 23.2 Å². The number of benzene rings is 3. The number of hydrogen-bond donors (Lipinski definition) is 1. The van der Waals surface area contributed by atoms with Crippen LogP contribution in [-0.4, -0.2) is 21.0 Å². The Labute approximate surface area is 189 Å². The van der Waals surface area contributed by atoms with E-state index in [4.69, 9.17) is 0 Å². The maximum atomic E-state index is 12.7. The molecule has 4 aromatic rings. The monoisotopic (exact) mass is 449 g/mol. The summed E-state index contributed by atoms with van der Waals surface area (Å²) in [4.78, 5) is 4.28. The predicted molar refractivity (Wildman–Crippen MR) is 124 cm³/mol. The van der Waals surface area contributed by atoms with Gasteiger partial charge in [0.1, 0.15) is 6.33 Å². The predicted octanol–water partition coefficient (Wildman–Crippen LogP) is 6.52. The molecule has 0 spiro atoms. The van der Waals surface area contributed by atoms with Crippen molar-refractivity contribution in [2.75, 3.05) is 5.43 Å². The van der Waals surface area contributed by atoms with Gasteiger partial charge in [-0.1, -0.05) is 56.3 Å². The minimum atomic E-state index is -4.37. The standard InChI is InChI=1S/C25H22F3N5/c1-17(2)22-5-3-4-6-23(22)31-30-15-18-7-9-19(10-8-18)24-29-16-33(32-24)21-13-11-20(12-14-21)25(26,27)28/h3-17,31H,1-2H3/b30-15+. The summed E-state index contributed by atoms with van der Waals surface area (Å²) >= 11 is 0. The molecular weight excluding hydrogens is 427 g/mol. The third kappa shape index (κ3) is 5.28. The van der Waals surface area contributed by atoms with E-state index in [1.165, 1.54) is 28.7 Å². The number of anilines is 1. The number of halogens is 3. The lowest BCUT2D eigenvalue weighted by molar-refractivity contribution is -0.137. The number of nitrogens with zero attached hydrogens (tertiary/aromatic N) is 4. The summed E-state index contributed by atoms with van der Waals surface area (Å²) < 4.78 is 39.7. The van der Waals surface area contributed by atoms with E-state index in [0.29, 0.717) is 17.4 Å². The second-order valence-electron chi connectivity index (χ2n) is 7.79. The van der Waals surface area contributed by atoms with Gasteiger partial charge in [0.25, 0.3) is 0 Å². The molecule has 0 saturated carbocycles. The van der Waals surface area contributed by atoms with E-state index in [2.05, 4.69) is 40.5 Å². The molecule has 0 fully saturated rings. The number of para-hydroxylation sites is 1. The van der Waals surface area contributed by atoms with E-state index in [1.54, 1.807) is 6.21 Å². The lowest BCUT2D eigenvalue weighted by Gasteiger charge is -2.11. The molecule has 0 atom stereocenters. The van der Waals surface area contributed by atoms with Crippen molar-refractivity contribution >= 4 is 11.9 Å². The average molecular weight is 449 g/mol. The van der Waals surface area contributed by atoms with Crippen LogP contribution in [0.2, 0.25) is 0 Å². The van der Waals surface area contributed by atoms with Crippen molar-refractivity contribution in [3.63, 3.8) is 0 Å². The SMILES string of the molecule is CC(C)c1ccccc1N/N=C/c1ccc(-c2ncn(-c3ccc(C(F)(F)F)cc3)n2)cc1. The second-order valence-corrected chi connectivity index (χ2v) is 7.79. The first-order valence-electron chi connectivity index (χ1n) is 10.4. The van der Waals surface area contributed by atoms with Crippen molar-refractivity contribution in [1.82, 2.24) is 14.8 Å². The van der Waals surface area contributed by atoms with Gasteiger partial charge in [-0.15, -0.1) is 5.10 Å². The highest BCUT2D eigenvalue weighted by atomic mass is 19.4. The molecule has 0 radical (unpaired) electrons. The van der Waals surface area contributed by atoms with Gasteiger partial charge >= 0.3 is 6.18 Å². The van der Waals surface area contributed by atoms with Gasteiger partial charge in [-0.2, -0.15) is 18.3 Å². The summed E-state index contributed by atoms with van der Waals surface area (Å²) in [5.74, 6) is 0.862. The third-order valence-corrected chi connectivity index (χ3v) is 5.10. The van der Waals surface area contributed by atoms with Crippen molar-refractivity contribution in [2.24, 2.45) is 5.10 Å². The van der Waals surface area contributed by atoms with Gasteiger partial charge in [-0.3, -0.25) is 5.43 Å². The van der Waals surface area contributed by atoms with E-state index in [9.17, 15) is 13.2 Å². The Hall–Kier alpha value is -3.94. The fraction of sp³-hybridized carbons (Fsp3) is 0.160. The molecule has 0 bridgehead atoms. The number of aromatic nitrogens is 3. The molecule has 0 saturated heterocycles. The second kappa shape index (κ2) is 9.28. The number of rotatable bonds is 6. The van der Waals surface area contributed by atoms with Crippen LogP contribution in [0, 0.1) is 0 Å². The van der Waals surface area contributed by atoms with Crippen molar-refractivity contribution in [2.45, 2.75) is 25.9 Å². The molecule has 3 aromatic carbocycles. The Morgan fingerprint density at radius 1 is 0.939 bits per heavy atom. The normalized spacial score (nSPS) is 11.9. The molecule has 4 rings (SSSR count). The highest BCUT2D eigenvalue weighted by Crippen LogP contribution is 2.29. The smallest absolute Gasteiger partial charge is 0.278 e. The van der Waals surface area contributed by atoms with Crippen LogP contribution >= 0.6 is 0 Å². The number of hydrogen-bond acceptors (Lipinski definition) is 4. The van der Waals surface area contributed by atoms with E-state index in [0.717, 1.165) is 28.9 Å². The van der Waals surface area contributed by atoms with E-state index in [1.807, 2.05) is 42.5 Å². The zero-order chi connectivity index (χ0) is 23.4. The number of hydrazone groups is 1. The number of alkyl halides is 3. The van der Waals surface area contributed by atoms with Crippen LogP contribution in [0.15, 0.2) is 84.2 Å².